The Balaban J connectivity index is 1.56. The molecular weight excluding hydrogens is 308 g/mol. The Morgan fingerprint density at radius 2 is 2.00 bits per heavy atom. The second-order valence-electron chi connectivity index (χ2n) is 9.38. The normalized spacial score (nSPS) is 41.7. The van der Waals surface area contributed by atoms with Crippen molar-refractivity contribution < 1.29 is 10.2 Å². The summed E-state index contributed by atoms with van der Waals surface area (Å²) in [5.74, 6) is 3.03. The Morgan fingerprint density at radius 3 is 2.80 bits per heavy atom. The number of allylic oxidation sites excluding steroid dienone is 2. The van der Waals surface area contributed by atoms with Gasteiger partial charge in [0, 0.05) is 0 Å². The Morgan fingerprint density at radius 1 is 1.16 bits per heavy atom. The van der Waals surface area contributed by atoms with Gasteiger partial charge in [-0.1, -0.05) is 24.6 Å². The lowest BCUT2D eigenvalue weighted by atomic mass is 9.51. The van der Waals surface area contributed by atoms with Gasteiger partial charge in [0.25, 0.3) is 0 Å². The van der Waals surface area contributed by atoms with Crippen LogP contribution in [0.15, 0.2) is 29.8 Å². The van der Waals surface area contributed by atoms with Crippen LogP contribution in [-0.4, -0.2) is 16.3 Å². The predicted octanol–water partition coefficient (Wildman–Crippen LogP) is 4.95. The van der Waals surface area contributed by atoms with Crippen LogP contribution in [0.2, 0.25) is 0 Å². The number of phenols is 1. The minimum atomic E-state index is -0.115. The second-order valence-corrected chi connectivity index (χ2v) is 9.38. The number of aliphatic hydroxyl groups excluding tert-OH is 1. The van der Waals surface area contributed by atoms with Crippen molar-refractivity contribution in [2.45, 2.75) is 70.3 Å². The average Bonchev–Trinajstić information content (AvgIpc) is 3.37. The monoisotopic (exact) mass is 338 g/mol. The molecule has 4 aliphatic carbocycles. The minimum absolute atomic E-state index is 0.113. The lowest BCUT2D eigenvalue weighted by Gasteiger charge is -2.53. The Bertz CT molecular complexity index is 715. The lowest BCUT2D eigenvalue weighted by Crippen LogP contribution is -2.47. The van der Waals surface area contributed by atoms with Crippen molar-refractivity contribution in [2.75, 3.05) is 0 Å². The van der Waals surface area contributed by atoms with Gasteiger partial charge in [-0.15, -0.1) is 0 Å². The first-order chi connectivity index (χ1) is 12.1. The average molecular weight is 338 g/mol. The SMILES string of the molecule is C[C@]12C[C@H](CC=C3CC3)[C@@H]3c4ccc(O)cc4CC[C@H]3[C@@H]1CC[C@@H]2O. The van der Waals surface area contributed by atoms with E-state index < -0.39 is 0 Å². The highest BCUT2D eigenvalue weighted by Gasteiger charge is 2.57. The molecule has 25 heavy (non-hydrogen) atoms. The van der Waals surface area contributed by atoms with E-state index in [1.165, 1.54) is 43.2 Å². The van der Waals surface area contributed by atoms with E-state index in [2.05, 4.69) is 19.1 Å². The van der Waals surface area contributed by atoms with Gasteiger partial charge in [0.05, 0.1) is 6.10 Å². The van der Waals surface area contributed by atoms with Crippen LogP contribution >= 0.6 is 0 Å². The number of hydrogen-bond acceptors (Lipinski definition) is 2. The molecule has 0 heterocycles. The summed E-state index contributed by atoms with van der Waals surface area (Å²) in [4.78, 5) is 0. The second kappa shape index (κ2) is 5.61. The molecule has 2 nitrogen and oxygen atoms in total. The van der Waals surface area contributed by atoms with Gasteiger partial charge < -0.3 is 10.2 Å². The van der Waals surface area contributed by atoms with Crippen molar-refractivity contribution >= 4 is 0 Å². The van der Waals surface area contributed by atoms with Gasteiger partial charge in [0.1, 0.15) is 5.75 Å². The van der Waals surface area contributed by atoms with E-state index >= 15 is 0 Å². The third kappa shape index (κ3) is 2.48. The number of hydrogen-bond donors (Lipinski definition) is 2. The highest BCUT2D eigenvalue weighted by molar-refractivity contribution is 5.41. The van der Waals surface area contributed by atoms with Gasteiger partial charge in [-0.2, -0.15) is 0 Å². The number of phenolic OH excluding ortho intramolecular Hbond substituents is 1. The molecule has 0 aromatic heterocycles. The van der Waals surface area contributed by atoms with E-state index in [4.69, 9.17) is 0 Å². The first-order valence-corrected chi connectivity index (χ1v) is 10.2. The van der Waals surface area contributed by atoms with Gasteiger partial charge in [-0.05, 0) is 104 Å². The largest absolute Gasteiger partial charge is 0.508 e. The Hall–Kier alpha value is -1.28. The van der Waals surface area contributed by atoms with Gasteiger partial charge in [0.2, 0.25) is 0 Å². The summed E-state index contributed by atoms with van der Waals surface area (Å²) in [5.41, 5.74) is 4.61. The first-order valence-electron chi connectivity index (χ1n) is 10.2. The smallest absolute Gasteiger partial charge is 0.115 e. The van der Waals surface area contributed by atoms with Crippen LogP contribution in [0.5, 0.6) is 5.75 Å². The van der Waals surface area contributed by atoms with E-state index in [0.29, 0.717) is 29.4 Å². The molecule has 0 unspecified atom stereocenters. The standard InChI is InChI=1S/C23H30O2/c1-23-13-16(5-4-14-2-3-14)22-18-9-7-17(24)12-15(18)6-8-19(22)20(23)10-11-21(23)25/h4,7,9,12,16,19-22,24-25H,2-3,5-6,8,10-11,13H2,1H3/t16-,19-,20-,21-,22+,23-/m0/s1. The number of fused-ring (bicyclic) bond motifs is 5. The van der Waals surface area contributed by atoms with Crippen LogP contribution in [0.3, 0.4) is 0 Å². The third-order valence-corrected chi connectivity index (χ3v) is 8.03. The van der Waals surface area contributed by atoms with Crippen molar-refractivity contribution in [2.24, 2.45) is 23.2 Å². The fourth-order valence-electron chi connectivity index (χ4n) is 6.67. The summed E-state index contributed by atoms with van der Waals surface area (Å²) in [6, 6.07) is 6.08. The van der Waals surface area contributed by atoms with Crippen molar-refractivity contribution in [1.82, 2.24) is 0 Å². The molecule has 3 fully saturated rings. The maximum atomic E-state index is 10.8. The molecule has 2 heteroatoms. The van der Waals surface area contributed by atoms with E-state index in [-0.39, 0.29) is 11.5 Å². The summed E-state index contributed by atoms with van der Waals surface area (Å²) in [7, 11) is 0. The van der Waals surface area contributed by atoms with Gasteiger partial charge >= 0.3 is 0 Å². The van der Waals surface area contributed by atoms with Crippen LogP contribution in [0, 0.1) is 23.2 Å². The summed E-state index contributed by atoms with van der Waals surface area (Å²) in [6.45, 7) is 2.37. The van der Waals surface area contributed by atoms with Gasteiger partial charge in [0.15, 0.2) is 0 Å². The molecule has 4 aliphatic rings. The first kappa shape index (κ1) is 15.9. The van der Waals surface area contributed by atoms with Crippen molar-refractivity contribution in [3.63, 3.8) is 0 Å². The summed E-state index contributed by atoms with van der Waals surface area (Å²) < 4.78 is 0. The molecule has 1 aromatic carbocycles. The van der Waals surface area contributed by atoms with Crippen molar-refractivity contribution in [3.05, 3.63) is 41.0 Å². The Labute approximate surface area is 151 Å². The maximum absolute atomic E-state index is 10.8. The number of aryl methyl sites for hydroxylation is 1. The van der Waals surface area contributed by atoms with Crippen LogP contribution in [0.4, 0.5) is 0 Å². The zero-order valence-electron chi connectivity index (χ0n) is 15.2. The van der Waals surface area contributed by atoms with Crippen LogP contribution < -0.4 is 0 Å². The zero-order chi connectivity index (χ0) is 17.2. The molecule has 134 valence electrons. The molecule has 0 saturated heterocycles. The van der Waals surface area contributed by atoms with Gasteiger partial charge in [-0.3, -0.25) is 0 Å². The molecule has 0 amide bonds. The molecule has 3 saturated carbocycles. The molecule has 0 radical (unpaired) electrons. The van der Waals surface area contributed by atoms with E-state index in [1.807, 2.05) is 12.1 Å². The fraction of sp³-hybridized carbons (Fsp3) is 0.652. The van der Waals surface area contributed by atoms with E-state index in [9.17, 15) is 10.2 Å². The molecular formula is C23H30O2. The van der Waals surface area contributed by atoms with E-state index in [0.717, 1.165) is 19.3 Å². The minimum Gasteiger partial charge on any atom is -0.508 e. The highest BCUT2D eigenvalue weighted by Crippen LogP contribution is 2.63. The maximum Gasteiger partial charge on any atom is 0.115 e. The molecule has 0 spiro atoms. The predicted molar refractivity (Wildman–Crippen MR) is 99.5 cm³/mol. The molecule has 0 bridgehead atoms. The van der Waals surface area contributed by atoms with Crippen molar-refractivity contribution in [3.8, 4) is 5.75 Å². The lowest BCUT2D eigenvalue weighted by molar-refractivity contribution is -0.0474. The third-order valence-electron chi connectivity index (χ3n) is 8.03. The summed E-state index contributed by atoms with van der Waals surface area (Å²) in [5, 5.41) is 20.7. The topological polar surface area (TPSA) is 40.5 Å². The quantitative estimate of drug-likeness (QED) is 0.749. The molecule has 1 aromatic rings. The molecule has 2 N–H and O–H groups in total. The van der Waals surface area contributed by atoms with Gasteiger partial charge in [-0.25, -0.2) is 0 Å². The van der Waals surface area contributed by atoms with E-state index in [1.54, 1.807) is 5.57 Å². The number of aliphatic hydroxyl groups is 1. The fourth-order valence-corrected chi connectivity index (χ4v) is 6.67. The highest BCUT2D eigenvalue weighted by atomic mass is 16.3. The van der Waals surface area contributed by atoms with Crippen molar-refractivity contribution in [1.29, 1.82) is 0 Å². The van der Waals surface area contributed by atoms with Crippen LogP contribution in [-0.2, 0) is 6.42 Å². The van der Waals surface area contributed by atoms with Crippen LogP contribution in [0.1, 0.15) is 68.9 Å². The van der Waals surface area contributed by atoms with Crippen LogP contribution in [0.25, 0.3) is 0 Å². The summed E-state index contributed by atoms with van der Waals surface area (Å²) >= 11 is 0. The number of aromatic hydroxyl groups is 1. The Kier molecular flexibility index (Phi) is 3.57. The zero-order valence-corrected chi connectivity index (χ0v) is 15.2. The summed E-state index contributed by atoms with van der Waals surface area (Å²) in [6.07, 6.45) is 11.8. The number of rotatable bonds is 2. The molecule has 0 aliphatic heterocycles. The number of benzene rings is 1. The molecule has 5 rings (SSSR count). The molecule has 6 atom stereocenters.